The van der Waals surface area contributed by atoms with Crippen molar-refractivity contribution >= 4 is 11.8 Å². The lowest BCUT2D eigenvalue weighted by molar-refractivity contribution is 0.0940. The first-order valence-electron chi connectivity index (χ1n) is 10.7. The average molecular weight is 411 g/mol. The highest BCUT2D eigenvalue weighted by atomic mass is 16.2. The van der Waals surface area contributed by atoms with Crippen molar-refractivity contribution in [3.8, 4) is 0 Å². The van der Waals surface area contributed by atoms with E-state index in [2.05, 4.69) is 15.6 Å². The summed E-state index contributed by atoms with van der Waals surface area (Å²) in [5.41, 5.74) is 0.290. The Morgan fingerprint density at radius 2 is 1.83 bits per heavy atom. The van der Waals surface area contributed by atoms with E-state index in [9.17, 15) is 14.4 Å². The fourth-order valence-corrected chi connectivity index (χ4v) is 3.85. The number of aromatic nitrogens is 2. The Hall–Kier alpha value is -2.96. The average Bonchev–Trinajstić information content (AvgIpc) is 2.74. The molecule has 2 heterocycles. The van der Waals surface area contributed by atoms with Gasteiger partial charge in [-0.05, 0) is 44.2 Å². The number of carbonyl (C=O) groups excluding carboxylic acids is 2. The standard InChI is InChI=1S/C23H30N4O3/c1-16(2)26-23(30)20-15-27(13-17-7-4-3-5-8-17)14-19(21(20)28)22(29)25-12-18-9-6-10-24-11-18/h6,9-11,14-17H,3-5,7-8,12-13H2,1-2H3,(H,25,29)(H,26,30). The third-order valence-corrected chi connectivity index (χ3v) is 5.36. The smallest absolute Gasteiger partial charge is 0.257 e. The van der Waals surface area contributed by atoms with E-state index in [1.807, 2.05) is 24.5 Å². The number of pyridine rings is 2. The summed E-state index contributed by atoms with van der Waals surface area (Å²) in [4.78, 5) is 42.4. The van der Waals surface area contributed by atoms with Crippen LogP contribution >= 0.6 is 0 Å². The predicted molar refractivity (Wildman–Crippen MR) is 115 cm³/mol. The maximum Gasteiger partial charge on any atom is 0.257 e. The van der Waals surface area contributed by atoms with Crippen LogP contribution in [-0.2, 0) is 13.1 Å². The van der Waals surface area contributed by atoms with Crippen molar-refractivity contribution in [3.63, 3.8) is 0 Å². The maximum absolute atomic E-state index is 12.9. The molecule has 0 saturated heterocycles. The number of hydrogen-bond acceptors (Lipinski definition) is 4. The molecule has 0 aromatic carbocycles. The van der Waals surface area contributed by atoms with E-state index in [1.165, 1.54) is 19.3 Å². The lowest BCUT2D eigenvalue weighted by Gasteiger charge is -2.23. The molecule has 1 aliphatic rings. The molecule has 2 amide bonds. The molecule has 160 valence electrons. The fraction of sp³-hybridized carbons (Fsp3) is 0.478. The molecular formula is C23H30N4O3. The largest absolute Gasteiger partial charge is 0.352 e. The van der Waals surface area contributed by atoms with Crippen LogP contribution in [0.25, 0.3) is 0 Å². The van der Waals surface area contributed by atoms with Gasteiger partial charge in [0, 0.05) is 43.9 Å². The molecule has 7 heteroatoms. The highest BCUT2D eigenvalue weighted by molar-refractivity contribution is 5.99. The lowest BCUT2D eigenvalue weighted by Crippen LogP contribution is -2.37. The van der Waals surface area contributed by atoms with E-state index in [-0.39, 0.29) is 23.7 Å². The van der Waals surface area contributed by atoms with Crippen molar-refractivity contribution in [2.24, 2.45) is 5.92 Å². The second-order valence-corrected chi connectivity index (χ2v) is 8.29. The van der Waals surface area contributed by atoms with Crippen LogP contribution in [0.1, 0.15) is 72.2 Å². The van der Waals surface area contributed by atoms with E-state index in [0.29, 0.717) is 12.5 Å². The molecule has 0 radical (unpaired) electrons. The zero-order valence-corrected chi connectivity index (χ0v) is 17.7. The van der Waals surface area contributed by atoms with Crippen LogP contribution in [0.5, 0.6) is 0 Å². The van der Waals surface area contributed by atoms with Gasteiger partial charge in [0.15, 0.2) is 0 Å². The summed E-state index contributed by atoms with van der Waals surface area (Å²) in [6.45, 7) is 4.63. The van der Waals surface area contributed by atoms with Gasteiger partial charge in [-0.15, -0.1) is 0 Å². The summed E-state index contributed by atoms with van der Waals surface area (Å²) in [5.74, 6) is -0.441. The van der Waals surface area contributed by atoms with Crippen molar-refractivity contribution in [2.75, 3.05) is 0 Å². The van der Waals surface area contributed by atoms with Gasteiger partial charge in [-0.1, -0.05) is 25.3 Å². The molecule has 2 aromatic heterocycles. The zero-order valence-electron chi connectivity index (χ0n) is 17.7. The molecule has 30 heavy (non-hydrogen) atoms. The van der Waals surface area contributed by atoms with E-state index in [0.717, 1.165) is 18.4 Å². The Morgan fingerprint density at radius 1 is 1.13 bits per heavy atom. The summed E-state index contributed by atoms with van der Waals surface area (Å²) in [5, 5.41) is 5.53. The summed E-state index contributed by atoms with van der Waals surface area (Å²) < 4.78 is 1.84. The van der Waals surface area contributed by atoms with Crippen molar-refractivity contribution in [1.82, 2.24) is 20.2 Å². The molecule has 7 nitrogen and oxygen atoms in total. The van der Waals surface area contributed by atoms with Crippen LogP contribution < -0.4 is 16.1 Å². The summed E-state index contributed by atoms with van der Waals surface area (Å²) in [6, 6.07) is 3.53. The first kappa shape index (κ1) is 21.7. The molecular weight excluding hydrogens is 380 g/mol. The first-order chi connectivity index (χ1) is 14.4. The van der Waals surface area contributed by atoms with E-state index in [4.69, 9.17) is 0 Å². The monoisotopic (exact) mass is 410 g/mol. The van der Waals surface area contributed by atoms with Crippen LogP contribution in [0.2, 0.25) is 0 Å². The molecule has 0 spiro atoms. The maximum atomic E-state index is 12.9. The molecule has 1 aliphatic carbocycles. The minimum absolute atomic E-state index is 0.00790. The lowest BCUT2D eigenvalue weighted by atomic mass is 9.89. The number of nitrogens with zero attached hydrogens (tertiary/aromatic N) is 2. The van der Waals surface area contributed by atoms with Gasteiger partial charge >= 0.3 is 0 Å². The van der Waals surface area contributed by atoms with Crippen LogP contribution in [0.15, 0.2) is 41.7 Å². The Labute approximate surface area is 176 Å². The van der Waals surface area contributed by atoms with E-state index in [1.54, 1.807) is 30.9 Å². The number of rotatable bonds is 7. The second-order valence-electron chi connectivity index (χ2n) is 8.29. The molecule has 0 atom stereocenters. The highest BCUT2D eigenvalue weighted by Gasteiger charge is 2.21. The Bertz CT molecular complexity index is 931. The van der Waals surface area contributed by atoms with Gasteiger partial charge in [-0.25, -0.2) is 0 Å². The van der Waals surface area contributed by atoms with Crippen LogP contribution in [0.4, 0.5) is 0 Å². The summed E-state index contributed by atoms with van der Waals surface area (Å²) >= 11 is 0. The van der Waals surface area contributed by atoms with Crippen LogP contribution in [-0.4, -0.2) is 27.4 Å². The summed E-state index contributed by atoms with van der Waals surface area (Å²) in [6.07, 6.45) is 12.4. The van der Waals surface area contributed by atoms with Crippen LogP contribution in [0, 0.1) is 5.92 Å². The molecule has 0 bridgehead atoms. The van der Waals surface area contributed by atoms with Crippen molar-refractivity contribution in [3.05, 3.63) is 63.8 Å². The van der Waals surface area contributed by atoms with Gasteiger partial charge in [0.2, 0.25) is 5.43 Å². The molecule has 2 aromatic rings. The number of carbonyl (C=O) groups is 2. The SMILES string of the molecule is CC(C)NC(=O)c1cn(CC2CCCCC2)cc(C(=O)NCc2cccnc2)c1=O. The second kappa shape index (κ2) is 10.2. The predicted octanol–water partition coefficient (Wildman–Crippen LogP) is 2.89. The molecule has 3 rings (SSSR count). The fourth-order valence-electron chi connectivity index (χ4n) is 3.85. The van der Waals surface area contributed by atoms with Crippen molar-refractivity contribution < 1.29 is 9.59 Å². The zero-order chi connectivity index (χ0) is 21.5. The minimum atomic E-state index is -0.545. The Morgan fingerprint density at radius 3 is 2.47 bits per heavy atom. The molecule has 0 aliphatic heterocycles. The number of amides is 2. The minimum Gasteiger partial charge on any atom is -0.352 e. The first-order valence-corrected chi connectivity index (χ1v) is 10.7. The van der Waals surface area contributed by atoms with Gasteiger partial charge in [-0.2, -0.15) is 0 Å². The van der Waals surface area contributed by atoms with E-state index < -0.39 is 17.2 Å². The topological polar surface area (TPSA) is 93.1 Å². The number of hydrogen-bond donors (Lipinski definition) is 2. The van der Waals surface area contributed by atoms with Gasteiger partial charge in [0.05, 0.1) is 0 Å². The molecule has 0 unspecified atom stereocenters. The van der Waals surface area contributed by atoms with Gasteiger partial charge < -0.3 is 15.2 Å². The quantitative estimate of drug-likeness (QED) is 0.734. The summed E-state index contributed by atoms with van der Waals surface area (Å²) in [7, 11) is 0. The van der Waals surface area contributed by atoms with Gasteiger partial charge in [0.1, 0.15) is 11.1 Å². The molecule has 1 fully saturated rings. The Kier molecular flexibility index (Phi) is 7.38. The molecule has 1 saturated carbocycles. The third-order valence-electron chi connectivity index (χ3n) is 5.36. The Balaban J connectivity index is 1.86. The van der Waals surface area contributed by atoms with Crippen molar-refractivity contribution in [1.29, 1.82) is 0 Å². The molecule has 2 N–H and O–H groups in total. The van der Waals surface area contributed by atoms with Crippen molar-refractivity contribution in [2.45, 2.75) is 65.1 Å². The highest BCUT2D eigenvalue weighted by Crippen LogP contribution is 2.25. The normalized spacial score (nSPS) is 14.5. The number of nitrogens with one attached hydrogen (secondary N) is 2. The van der Waals surface area contributed by atoms with Gasteiger partial charge in [-0.3, -0.25) is 19.4 Å². The van der Waals surface area contributed by atoms with Crippen LogP contribution in [0.3, 0.4) is 0 Å². The van der Waals surface area contributed by atoms with E-state index >= 15 is 0 Å². The third kappa shape index (κ3) is 5.78. The van der Waals surface area contributed by atoms with Gasteiger partial charge in [0.25, 0.3) is 11.8 Å².